The third-order valence-electron chi connectivity index (χ3n) is 6.56. The van der Waals surface area contributed by atoms with Gasteiger partial charge in [-0.3, -0.25) is 5.32 Å². The molecule has 3 unspecified atom stereocenters. The summed E-state index contributed by atoms with van der Waals surface area (Å²) in [6.07, 6.45) is 3.46. The minimum atomic E-state index is -0.434. The Bertz CT molecular complexity index is 845. The number of benzene rings is 1. The minimum absolute atomic E-state index is 0.0972. The van der Waals surface area contributed by atoms with Gasteiger partial charge in [-0.2, -0.15) is 0 Å². The second-order valence-electron chi connectivity index (χ2n) is 8.06. The molecule has 148 valence electrons. The van der Waals surface area contributed by atoms with E-state index in [4.69, 9.17) is 13.9 Å². The molecule has 0 spiro atoms. The Labute approximate surface area is 165 Å². The normalized spacial score (nSPS) is 31.8. The summed E-state index contributed by atoms with van der Waals surface area (Å²) >= 11 is 0. The fourth-order valence-corrected chi connectivity index (χ4v) is 4.84. The Morgan fingerprint density at radius 2 is 2.00 bits per heavy atom. The Hall–Kier alpha value is -2.53. The highest BCUT2D eigenvalue weighted by molar-refractivity contribution is 5.84. The van der Waals surface area contributed by atoms with Gasteiger partial charge >= 0.3 is 6.09 Å². The number of hydrogen-bond donors (Lipinski definition) is 1. The van der Waals surface area contributed by atoms with Gasteiger partial charge in [0.05, 0.1) is 12.9 Å². The number of amides is 1. The van der Waals surface area contributed by atoms with E-state index >= 15 is 0 Å². The molecule has 2 aliphatic rings. The van der Waals surface area contributed by atoms with Crippen LogP contribution < -0.4 is 5.32 Å². The fraction of sp³-hybridized carbons (Fsp3) is 0.435. The molecule has 4 rings (SSSR count). The smallest absolute Gasteiger partial charge is 0.411 e. The van der Waals surface area contributed by atoms with Crippen LogP contribution in [0.5, 0.6) is 0 Å². The second-order valence-corrected chi connectivity index (χ2v) is 8.06. The van der Waals surface area contributed by atoms with Gasteiger partial charge in [0.2, 0.25) is 0 Å². The number of furan rings is 1. The van der Waals surface area contributed by atoms with Crippen molar-refractivity contribution >= 4 is 11.8 Å². The summed E-state index contributed by atoms with van der Waals surface area (Å²) in [6, 6.07) is 13.2. The number of carbonyl (C=O) groups is 1. The van der Waals surface area contributed by atoms with Crippen LogP contribution in [0.2, 0.25) is 0 Å². The van der Waals surface area contributed by atoms with E-state index in [-0.39, 0.29) is 23.4 Å². The van der Waals surface area contributed by atoms with Crippen molar-refractivity contribution in [1.82, 2.24) is 0 Å². The highest BCUT2D eigenvalue weighted by Gasteiger charge is 2.55. The summed E-state index contributed by atoms with van der Waals surface area (Å²) in [5, 5.41) is 2.79. The Morgan fingerprint density at radius 1 is 1.21 bits per heavy atom. The molecule has 2 heterocycles. The van der Waals surface area contributed by atoms with Crippen molar-refractivity contribution < 1.29 is 18.7 Å². The third-order valence-corrected chi connectivity index (χ3v) is 6.56. The van der Waals surface area contributed by atoms with Crippen LogP contribution in [0.25, 0.3) is 0 Å². The summed E-state index contributed by atoms with van der Waals surface area (Å²) in [5.41, 5.74) is 1.79. The molecule has 1 aromatic carbocycles. The van der Waals surface area contributed by atoms with Crippen LogP contribution in [0.4, 0.5) is 10.5 Å². The van der Waals surface area contributed by atoms with Crippen LogP contribution in [0.1, 0.15) is 32.6 Å². The minimum Gasteiger partial charge on any atom is -0.467 e. The van der Waals surface area contributed by atoms with Crippen molar-refractivity contribution in [2.75, 3.05) is 18.5 Å². The molecule has 5 nitrogen and oxygen atoms in total. The largest absolute Gasteiger partial charge is 0.467 e. The fourth-order valence-electron chi connectivity index (χ4n) is 4.84. The third kappa shape index (κ3) is 3.24. The molecule has 1 amide bonds. The molecular weight excluding hydrogens is 354 g/mol. The van der Waals surface area contributed by atoms with Gasteiger partial charge in [0.25, 0.3) is 0 Å². The molecule has 0 radical (unpaired) electrons. The van der Waals surface area contributed by atoms with Gasteiger partial charge in [-0.25, -0.2) is 4.79 Å². The SMILES string of the molecule is CC1=CC(C)[C@]2(COC(=O)Nc3ccccc3)COC(c3ccco3)C1[C@H]2C. The first-order valence-electron chi connectivity index (χ1n) is 9.83. The van der Waals surface area contributed by atoms with Gasteiger partial charge in [0.1, 0.15) is 18.5 Å². The summed E-state index contributed by atoms with van der Waals surface area (Å²) in [7, 11) is 0. The molecule has 1 aliphatic carbocycles. The maximum absolute atomic E-state index is 12.3. The molecule has 1 aromatic heterocycles. The van der Waals surface area contributed by atoms with E-state index in [1.54, 1.807) is 6.26 Å². The lowest BCUT2D eigenvalue weighted by Crippen LogP contribution is -2.54. The maximum Gasteiger partial charge on any atom is 0.411 e. The van der Waals surface area contributed by atoms with E-state index in [1.807, 2.05) is 42.5 Å². The van der Waals surface area contributed by atoms with Crippen molar-refractivity contribution in [2.24, 2.45) is 23.2 Å². The summed E-state index contributed by atoms with van der Waals surface area (Å²) < 4.78 is 17.6. The zero-order chi connectivity index (χ0) is 19.7. The number of carbonyl (C=O) groups excluding carboxylic acids is 1. The van der Waals surface area contributed by atoms with Crippen molar-refractivity contribution in [2.45, 2.75) is 26.9 Å². The maximum atomic E-state index is 12.3. The summed E-state index contributed by atoms with van der Waals surface area (Å²) in [4.78, 5) is 12.3. The predicted molar refractivity (Wildman–Crippen MR) is 107 cm³/mol. The number of ether oxygens (including phenoxy) is 2. The van der Waals surface area contributed by atoms with Crippen molar-refractivity contribution in [3.05, 3.63) is 66.1 Å². The van der Waals surface area contributed by atoms with Crippen LogP contribution in [0.15, 0.2) is 64.8 Å². The number of allylic oxidation sites excluding steroid dienone is 1. The topological polar surface area (TPSA) is 60.7 Å². The predicted octanol–water partition coefficient (Wildman–Crippen LogP) is 5.43. The molecule has 5 atom stereocenters. The van der Waals surface area contributed by atoms with Gasteiger partial charge in [-0.1, -0.05) is 43.7 Å². The van der Waals surface area contributed by atoms with E-state index in [1.165, 1.54) is 5.57 Å². The van der Waals surface area contributed by atoms with Gasteiger partial charge in [0, 0.05) is 17.0 Å². The van der Waals surface area contributed by atoms with Crippen molar-refractivity contribution in [1.29, 1.82) is 0 Å². The van der Waals surface area contributed by atoms with Gasteiger partial charge in [0.15, 0.2) is 0 Å². The lowest BCUT2D eigenvalue weighted by molar-refractivity contribution is -0.169. The zero-order valence-corrected chi connectivity index (χ0v) is 16.6. The van der Waals surface area contributed by atoms with Gasteiger partial charge in [-0.15, -0.1) is 0 Å². The molecule has 2 aromatic rings. The van der Waals surface area contributed by atoms with Crippen LogP contribution in [-0.2, 0) is 9.47 Å². The average Bonchev–Trinajstić information content (AvgIpc) is 3.21. The monoisotopic (exact) mass is 381 g/mol. The van der Waals surface area contributed by atoms with E-state index in [2.05, 4.69) is 32.2 Å². The highest BCUT2D eigenvalue weighted by atomic mass is 16.6. The summed E-state index contributed by atoms with van der Waals surface area (Å²) in [5.74, 6) is 1.61. The van der Waals surface area contributed by atoms with Crippen molar-refractivity contribution in [3.63, 3.8) is 0 Å². The molecule has 28 heavy (non-hydrogen) atoms. The lowest BCUT2D eigenvalue weighted by Gasteiger charge is -2.54. The first-order chi connectivity index (χ1) is 13.5. The molecular formula is C23H27NO4. The summed E-state index contributed by atoms with van der Waals surface area (Å²) in [6.45, 7) is 7.44. The molecule has 1 N–H and O–H groups in total. The van der Waals surface area contributed by atoms with Crippen LogP contribution in [0.3, 0.4) is 0 Å². The molecule has 2 bridgehead atoms. The van der Waals surface area contributed by atoms with Gasteiger partial charge < -0.3 is 13.9 Å². The van der Waals surface area contributed by atoms with E-state index in [0.717, 1.165) is 11.4 Å². The van der Waals surface area contributed by atoms with Crippen LogP contribution in [0, 0.1) is 23.2 Å². The molecule has 1 fully saturated rings. The second kappa shape index (κ2) is 7.47. The quantitative estimate of drug-likeness (QED) is 0.717. The standard InChI is InChI=1S/C23H27NO4/c1-15-12-16(2)23(14-28-22(25)24-18-8-5-4-6-9-18)13-27-21(20(15)17(23)3)19-10-7-11-26-19/h4-12,16-17,20-21H,13-14H2,1-3H3,(H,24,25)/t16?,17-,20?,21?,23-/m1/s1. The Morgan fingerprint density at radius 3 is 2.71 bits per heavy atom. The lowest BCUT2D eigenvalue weighted by atomic mass is 9.56. The highest BCUT2D eigenvalue weighted by Crippen LogP contribution is 2.56. The number of hydrogen-bond acceptors (Lipinski definition) is 4. The number of rotatable bonds is 4. The molecule has 0 saturated carbocycles. The zero-order valence-electron chi connectivity index (χ0n) is 16.6. The number of anilines is 1. The van der Waals surface area contributed by atoms with Crippen LogP contribution in [-0.4, -0.2) is 19.3 Å². The molecule has 5 heteroatoms. The van der Waals surface area contributed by atoms with E-state index in [0.29, 0.717) is 19.1 Å². The Kier molecular flexibility index (Phi) is 5.02. The number of nitrogens with one attached hydrogen (secondary N) is 1. The average molecular weight is 381 g/mol. The van der Waals surface area contributed by atoms with E-state index < -0.39 is 6.09 Å². The number of fused-ring (bicyclic) bond motifs is 2. The molecule has 1 saturated heterocycles. The first-order valence-corrected chi connectivity index (χ1v) is 9.83. The van der Waals surface area contributed by atoms with Crippen molar-refractivity contribution in [3.8, 4) is 0 Å². The Balaban J connectivity index is 1.51. The van der Waals surface area contributed by atoms with E-state index in [9.17, 15) is 4.79 Å². The number of para-hydroxylation sites is 1. The molecule has 1 aliphatic heterocycles. The van der Waals surface area contributed by atoms with Crippen LogP contribution >= 0.6 is 0 Å². The first kappa shape index (κ1) is 18.8. The van der Waals surface area contributed by atoms with Gasteiger partial charge in [-0.05, 0) is 43.0 Å².